The van der Waals surface area contributed by atoms with Gasteiger partial charge < -0.3 is 9.64 Å². The number of rotatable bonds is 3. The lowest BCUT2D eigenvalue weighted by Gasteiger charge is -2.32. The van der Waals surface area contributed by atoms with Gasteiger partial charge in [0.15, 0.2) is 5.13 Å². The lowest BCUT2D eigenvalue weighted by molar-refractivity contribution is 0.0204. The standard InChI is InChI=1S/C17H21ClN4O4S2/c1-17(2,3)26-16(25)22-6-4-9(5-7-22)10-8-27-15(19-10)20-14(24)12-11(18)13(23)21-28-12/h8-9H,4-7H2,1-3H3,(H,21,23)(H,19,20,24). The van der Waals surface area contributed by atoms with Crippen molar-refractivity contribution >= 4 is 51.6 Å². The molecule has 2 aromatic rings. The normalized spacial score (nSPS) is 15.5. The largest absolute Gasteiger partial charge is 0.444 e. The van der Waals surface area contributed by atoms with Gasteiger partial charge in [0.05, 0.1) is 5.69 Å². The number of halogens is 1. The van der Waals surface area contributed by atoms with E-state index in [2.05, 4.69) is 14.7 Å². The summed E-state index contributed by atoms with van der Waals surface area (Å²) in [5.41, 5.74) is -0.0997. The zero-order chi connectivity index (χ0) is 20.5. The molecule has 3 heterocycles. The van der Waals surface area contributed by atoms with Crippen LogP contribution in [0.4, 0.5) is 9.93 Å². The molecule has 2 amide bonds. The minimum atomic E-state index is -0.508. The van der Waals surface area contributed by atoms with Gasteiger partial charge in [-0.1, -0.05) is 23.1 Å². The quantitative estimate of drug-likeness (QED) is 0.746. The maximum Gasteiger partial charge on any atom is 0.410 e. The number of aromatic nitrogens is 2. The van der Waals surface area contributed by atoms with Crippen LogP contribution >= 0.6 is 34.5 Å². The number of piperidine rings is 1. The number of carbonyl (C=O) groups is 2. The van der Waals surface area contributed by atoms with Crippen LogP contribution < -0.4 is 10.9 Å². The molecule has 3 rings (SSSR count). The SMILES string of the molecule is CC(C)(C)OC(=O)N1CCC(c2csc(NC(=O)c3s[nH]c(=O)c3Cl)n2)CC1. The molecule has 1 aliphatic rings. The summed E-state index contributed by atoms with van der Waals surface area (Å²) in [5, 5.41) is 4.92. The average molecular weight is 445 g/mol. The number of thiazole rings is 1. The number of hydrogen-bond acceptors (Lipinski definition) is 7. The first-order valence-electron chi connectivity index (χ1n) is 8.75. The Bertz CT molecular complexity index is 922. The van der Waals surface area contributed by atoms with Crippen molar-refractivity contribution in [3.05, 3.63) is 31.3 Å². The van der Waals surface area contributed by atoms with Crippen molar-refractivity contribution in [3.63, 3.8) is 0 Å². The van der Waals surface area contributed by atoms with Crippen LogP contribution in [0, 0.1) is 0 Å². The number of nitrogens with one attached hydrogen (secondary N) is 2. The molecule has 2 aromatic heterocycles. The summed E-state index contributed by atoms with van der Waals surface area (Å²) in [6.07, 6.45) is 1.27. The summed E-state index contributed by atoms with van der Waals surface area (Å²) in [5.74, 6) is -0.249. The van der Waals surface area contributed by atoms with Crippen LogP contribution in [0.1, 0.15) is 54.9 Å². The molecule has 8 nitrogen and oxygen atoms in total. The second kappa shape index (κ2) is 8.22. The van der Waals surface area contributed by atoms with Crippen LogP contribution in [0.5, 0.6) is 0 Å². The van der Waals surface area contributed by atoms with E-state index in [9.17, 15) is 14.4 Å². The maximum atomic E-state index is 12.2. The molecule has 28 heavy (non-hydrogen) atoms. The van der Waals surface area contributed by atoms with Crippen LogP contribution in [-0.2, 0) is 4.74 Å². The van der Waals surface area contributed by atoms with Gasteiger partial charge in [-0.15, -0.1) is 11.3 Å². The number of carbonyl (C=O) groups excluding carboxylic acids is 2. The van der Waals surface area contributed by atoms with Gasteiger partial charge in [0, 0.05) is 24.4 Å². The number of hydrogen-bond donors (Lipinski definition) is 2. The molecule has 11 heteroatoms. The first-order chi connectivity index (χ1) is 13.1. The van der Waals surface area contributed by atoms with E-state index in [4.69, 9.17) is 16.3 Å². The van der Waals surface area contributed by atoms with E-state index in [1.54, 1.807) is 4.90 Å². The first-order valence-corrected chi connectivity index (χ1v) is 10.8. The molecule has 0 unspecified atom stereocenters. The van der Waals surface area contributed by atoms with Crippen molar-refractivity contribution in [1.82, 2.24) is 14.3 Å². The van der Waals surface area contributed by atoms with Gasteiger partial charge in [0.2, 0.25) is 0 Å². The Morgan fingerprint density at radius 3 is 2.61 bits per heavy atom. The number of H-pyrrole nitrogens is 1. The van der Waals surface area contributed by atoms with Crippen molar-refractivity contribution in [2.75, 3.05) is 18.4 Å². The minimum absolute atomic E-state index is 0.117. The topological polar surface area (TPSA) is 104 Å². The second-order valence-corrected chi connectivity index (χ2v) is 9.50. The summed E-state index contributed by atoms with van der Waals surface area (Å²) in [6.45, 7) is 6.75. The van der Waals surface area contributed by atoms with Gasteiger partial charge in [-0.25, -0.2) is 9.78 Å². The van der Waals surface area contributed by atoms with Crippen molar-refractivity contribution in [2.24, 2.45) is 0 Å². The molecule has 1 fully saturated rings. The Kier molecular flexibility index (Phi) is 6.11. The highest BCUT2D eigenvalue weighted by atomic mass is 35.5. The maximum absolute atomic E-state index is 12.2. The summed E-state index contributed by atoms with van der Waals surface area (Å²) >= 11 is 8.03. The number of amides is 2. The van der Waals surface area contributed by atoms with Crippen LogP contribution in [0.15, 0.2) is 10.2 Å². The van der Waals surface area contributed by atoms with Crippen LogP contribution in [0.25, 0.3) is 0 Å². The summed E-state index contributed by atoms with van der Waals surface area (Å²) < 4.78 is 7.83. The van der Waals surface area contributed by atoms with E-state index in [1.165, 1.54) is 11.3 Å². The molecule has 2 N–H and O–H groups in total. The third-order valence-electron chi connectivity index (χ3n) is 4.16. The molecule has 0 aromatic carbocycles. The molecule has 0 spiro atoms. The lowest BCUT2D eigenvalue weighted by atomic mass is 9.94. The molecular weight excluding hydrogens is 424 g/mol. The Hall–Kier alpha value is -1.91. The Balaban J connectivity index is 1.56. The molecule has 0 radical (unpaired) electrons. The molecule has 152 valence electrons. The van der Waals surface area contributed by atoms with E-state index >= 15 is 0 Å². The third kappa shape index (κ3) is 4.92. The third-order valence-corrected chi connectivity index (χ3v) is 6.29. The van der Waals surface area contributed by atoms with Gasteiger partial charge in [-0.3, -0.25) is 19.3 Å². The molecule has 0 atom stereocenters. The van der Waals surface area contributed by atoms with Crippen molar-refractivity contribution < 1.29 is 14.3 Å². The number of aromatic amines is 1. The van der Waals surface area contributed by atoms with E-state index in [0.717, 1.165) is 30.1 Å². The van der Waals surface area contributed by atoms with E-state index < -0.39 is 17.1 Å². The molecule has 0 bridgehead atoms. The summed E-state index contributed by atoms with van der Waals surface area (Å²) in [7, 11) is 0. The van der Waals surface area contributed by atoms with E-state index in [-0.39, 0.29) is 21.9 Å². The van der Waals surface area contributed by atoms with E-state index in [0.29, 0.717) is 18.2 Å². The van der Waals surface area contributed by atoms with Gasteiger partial charge in [0.1, 0.15) is 15.5 Å². The highest BCUT2D eigenvalue weighted by Gasteiger charge is 2.28. The van der Waals surface area contributed by atoms with Crippen molar-refractivity contribution in [3.8, 4) is 0 Å². The fourth-order valence-electron chi connectivity index (χ4n) is 2.81. The Morgan fingerprint density at radius 2 is 2.04 bits per heavy atom. The number of anilines is 1. The number of likely N-dealkylation sites (tertiary alicyclic amines) is 1. The van der Waals surface area contributed by atoms with Gasteiger partial charge in [0.25, 0.3) is 11.5 Å². The smallest absolute Gasteiger partial charge is 0.410 e. The Labute approximate surface area is 175 Å². The number of nitrogens with zero attached hydrogens (tertiary/aromatic N) is 2. The predicted octanol–water partition coefficient (Wildman–Crippen LogP) is 3.91. The fraction of sp³-hybridized carbons (Fsp3) is 0.529. The van der Waals surface area contributed by atoms with E-state index in [1.807, 2.05) is 26.2 Å². The average Bonchev–Trinajstić information content (AvgIpc) is 3.21. The van der Waals surface area contributed by atoms with Gasteiger partial charge in [-0.2, -0.15) is 0 Å². The predicted molar refractivity (Wildman–Crippen MR) is 110 cm³/mol. The molecule has 0 saturated carbocycles. The molecule has 0 aliphatic carbocycles. The number of ether oxygens (including phenoxy) is 1. The van der Waals surface area contributed by atoms with Crippen molar-refractivity contribution in [1.29, 1.82) is 0 Å². The molecular formula is C17H21ClN4O4S2. The summed E-state index contributed by atoms with van der Waals surface area (Å²) in [4.78, 5) is 42.1. The van der Waals surface area contributed by atoms with Crippen LogP contribution in [-0.4, -0.2) is 44.9 Å². The summed E-state index contributed by atoms with van der Waals surface area (Å²) in [6, 6.07) is 0. The van der Waals surface area contributed by atoms with Gasteiger partial charge in [-0.05, 0) is 33.6 Å². The van der Waals surface area contributed by atoms with Crippen LogP contribution in [0.2, 0.25) is 5.02 Å². The second-order valence-electron chi connectivity index (χ2n) is 7.45. The Morgan fingerprint density at radius 1 is 1.36 bits per heavy atom. The molecule has 1 aliphatic heterocycles. The highest BCUT2D eigenvalue weighted by Crippen LogP contribution is 2.31. The monoisotopic (exact) mass is 444 g/mol. The fourth-order valence-corrected chi connectivity index (χ4v) is 4.52. The zero-order valence-electron chi connectivity index (χ0n) is 15.7. The van der Waals surface area contributed by atoms with Crippen LogP contribution in [0.3, 0.4) is 0 Å². The lowest BCUT2D eigenvalue weighted by Crippen LogP contribution is -2.41. The first kappa shape index (κ1) is 20.8. The van der Waals surface area contributed by atoms with Gasteiger partial charge >= 0.3 is 6.09 Å². The molecule has 1 saturated heterocycles. The highest BCUT2D eigenvalue weighted by molar-refractivity contribution is 7.14. The minimum Gasteiger partial charge on any atom is -0.444 e. The van der Waals surface area contributed by atoms with Crippen molar-refractivity contribution in [2.45, 2.75) is 45.1 Å². The zero-order valence-corrected chi connectivity index (χ0v) is 18.1.